The second-order valence-corrected chi connectivity index (χ2v) is 5.80. The minimum Gasteiger partial charge on any atom is -0.496 e. The number of methoxy groups -OCH3 is 2. The van der Waals surface area contributed by atoms with Gasteiger partial charge in [-0.2, -0.15) is 10.1 Å². The first kappa shape index (κ1) is 16.2. The van der Waals surface area contributed by atoms with Crippen LogP contribution in [0.5, 0.6) is 11.5 Å². The summed E-state index contributed by atoms with van der Waals surface area (Å²) in [5.41, 5.74) is 1.30. The molecule has 0 fully saturated rings. The Hall–Kier alpha value is -2.67. The molecule has 0 bridgehead atoms. The molecule has 0 saturated heterocycles. The molecule has 0 aliphatic carbocycles. The topological polar surface area (TPSA) is 68.2 Å². The summed E-state index contributed by atoms with van der Waals surface area (Å²) >= 11 is 3.38. The number of ether oxygens (including phenoxy) is 2. The van der Waals surface area contributed by atoms with Crippen molar-refractivity contribution in [2.24, 2.45) is 5.10 Å². The third-order valence-corrected chi connectivity index (χ3v) is 4.21. The van der Waals surface area contributed by atoms with Crippen molar-refractivity contribution < 1.29 is 19.1 Å². The molecule has 0 spiro atoms. The molecule has 0 unspecified atom stereocenters. The number of benzene rings is 2. The number of carbonyl (C=O) groups excluding carboxylic acids is 2. The number of halogens is 1. The summed E-state index contributed by atoms with van der Waals surface area (Å²) < 4.78 is 11.2. The highest BCUT2D eigenvalue weighted by Crippen LogP contribution is 2.32. The summed E-state index contributed by atoms with van der Waals surface area (Å²) in [6.07, 6.45) is 1.41. The van der Waals surface area contributed by atoms with Crippen molar-refractivity contribution in [1.29, 1.82) is 0 Å². The molecule has 1 aliphatic rings. The van der Waals surface area contributed by atoms with Crippen molar-refractivity contribution in [2.75, 3.05) is 14.2 Å². The highest BCUT2D eigenvalue weighted by atomic mass is 79.9. The highest BCUT2D eigenvalue weighted by Gasteiger charge is 2.35. The number of hydrazone groups is 1. The van der Waals surface area contributed by atoms with Gasteiger partial charge in [-0.15, -0.1) is 0 Å². The van der Waals surface area contributed by atoms with Gasteiger partial charge in [-0.3, -0.25) is 9.59 Å². The fourth-order valence-corrected chi connectivity index (χ4v) is 2.91. The van der Waals surface area contributed by atoms with E-state index in [9.17, 15) is 9.59 Å². The van der Waals surface area contributed by atoms with Crippen LogP contribution in [0.3, 0.4) is 0 Å². The van der Waals surface area contributed by atoms with Crippen LogP contribution in [0.2, 0.25) is 0 Å². The van der Waals surface area contributed by atoms with E-state index >= 15 is 0 Å². The second kappa shape index (κ2) is 6.45. The van der Waals surface area contributed by atoms with E-state index in [-0.39, 0.29) is 0 Å². The van der Waals surface area contributed by atoms with Gasteiger partial charge < -0.3 is 9.47 Å². The number of hydrogen-bond acceptors (Lipinski definition) is 5. The van der Waals surface area contributed by atoms with E-state index in [0.717, 1.165) is 5.01 Å². The van der Waals surface area contributed by atoms with Crippen LogP contribution in [0.4, 0.5) is 0 Å². The first-order valence-electron chi connectivity index (χ1n) is 7.00. The van der Waals surface area contributed by atoms with Gasteiger partial charge in [-0.05, 0) is 34.1 Å². The Morgan fingerprint density at radius 3 is 2.12 bits per heavy atom. The number of hydrogen-bond donors (Lipinski definition) is 0. The zero-order valence-corrected chi connectivity index (χ0v) is 14.5. The summed E-state index contributed by atoms with van der Waals surface area (Å²) in [6.45, 7) is 0. The molecular weight excluding hydrogens is 376 g/mol. The standard InChI is InChI=1S/C17H13BrN2O4/c1-23-14-8-15(24-2)13(18)7-10(14)9-19-20-16(21)11-5-3-4-6-12(11)17(20)22/h3-9H,1-2H3/b19-9-. The van der Waals surface area contributed by atoms with Gasteiger partial charge in [0.2, 0.25) is 0 Å². The summed E-state index contributed by atoms with van der Waals surface area (Å²) in [5.74, 6) is 0.219. The quantitative estimate of drug-likeness (QED) is 0.596. The Bertz CT molecular complexity index is 829. The molecule has 1 heterocycles. The maximum atomic E-state index is 12.3. The molecule has 3 rings (SSSR count). The molecule has 0 aromatic heterocycles. The molecule has 2 aromatic rings. The van der Waals surface area contributed by atoms with Gasteiger partial charge in [0.1, 0.15) is 11.5 Å². The van der Waals surface area contributed by atoms with E-state index in [1.54, 1.807) is 43.5 Å². The number of rotatable bonds is 4. The predicted molar refractivity (Wildman–Crippen MR) is 91.8 cm³/mol. The van der Waals surface area contributed by atoms with Gasteiger partial charge in [0.25, 0.3) is 11.8 Å². The van der Waals surface area contributed by atoms with E-state index in [4.69, 9.17) is 9.47 Å². The monoisotopic (exact) mass is 388 g/mol. The third-order valence-electron chi connectivity index (χ3n) is 3.59. The zero-order valence-electron chi connectivity index (χ0n) is 12.9. The number of amides is 2. The lowest BCUT2D eigenvalue weighted by Crippen LogP contribution is -2.24. The van der Waals surface area contributed by atoms with Crippen LogP contribution in [-0.4, -0.2) is 37.3 Å². The van der Waals surface area contributed by atoms with Crippen LogP contribution in [0.25, 0.3) is 0 Å². The van der Waals surface area contributed by atoms with Crippen molar-refractivity contribution in [1.82, 2.24) is 5.01 Å². The number of nitrogens with zero attached hydrogens (tertiary/aromatic N) is 2. The Kier molecular flexibility index (Phi) is 4.35. The summed E-state index contributed by atoms with van der Waals surface area (Å²) in [6, 6.07) is 10.1. The molecule has 0 atom stereocenters. The summed E-state index contributed by atoms with van der Waals surface area (Å²) in [7, 11) is 3.06. The van der Waals surface area contributed by atoms with E-state index < -0.39 is 11.8 Å². The van der Waals surface area contributed by atoms with Gasteiger partial charge in [0.05, 0.1) is 36.0 Å². The maximum absolute atomic E-state index is 12.3. The maximum Gasteiger partial charge on any atom is 0.282 e. The third kappa shape index (κ3) is 2.67. The lowest BCUT2D eigenvalue weighted by Gasteiger charge is -2.10. The summed E-state index contributed by atoms with van der Waals surface area (Å²) in [5, 5.41) is 4.89. The van der Waals surface area contributed by atoms with Crippen LogP contribution in [0.15, 0.2) is 46.0 Å². The Balaban J connectivity index is 1.94. The van der Waals surface area contributed by atoms with Crippen LogP contribution >= 0.6 is 15.9 Å². The number of imide groups is 1. The fourth-order valence-electron chi connectivity index (χ4n) is 2.39. The molecular formula is C17H13BrN2O4. The number of fused-ring (bicyclic) bond motifs is 1. The largest absolute Gasteiger partial charge is 0.496 e. The zero-order chi connectivity index (χ0) is 17.3. The molecule has 6 nitrogen and oxygen atoms in total. The molecule has 122 valence electrons. The van der Waals surface area contributed by atoms with Crippen molar-refractivity contribution in [2.45, 2.75) is 0 Å². The fraction of sp³-hybridized carbons (Fsp3) is 0.118. The van der Waals surface area contributed by atoms with Gasteiger partial charge in [0.15, 0.2) is 0 Å². The van der Waals surface area contributed by atoms with Gasteiger partial charge in [-0.25, -0.2) is 0 Å². The smallest absolute Gasteiger partial charge is 0.282 e. The molecule has 7 heteroatoms. The lowest BCUT2D eigenvalue weighted by atomic mass is 10.1. The SMILES string of the molecule is COc1cc(OC)c(/C=N\N2C(=O)c3ccccc3C2=O)cc1Br. The molecule has 0 N–H and O–H groups in total. The molecule has 0 radical (unpaired) electrons. The van der Waals surface area contributed by atoms with Crippen LogP contribution in [-0.2, 0) is 0 Å². The molecule has 0 saturated carbocycles. The van der Waals surface area contributed by atoms with Crippen molar-refractivity contribution >= 4 is 34.0 Å². The van der Waals surface area contributed by atoms with E-state index in [0.29, 0.717) is 32.7 Å². The predicted octanol–water partition coefficient (Wildman–Crippen LogP) is 3.10. The normalized spacial score (nSPS) is 13.5. The van der Waals surface area contributed by atoms with Gasteiger partial charge in [0, 0.05) is 11.6 Å². The minimum absolute atomic E-state index is 0.350. The second-order valence-electron chi connectivity index (χ2n) is 4.94. The first-order valence-corrected chi connectivity index (χ1v) is 7.79. The number of carbonyl (C=O) groups is 2. The van der Waals surface area contributed by atoms with E-state index in [1.807, 2.05) is 0 Å². The van der Waals surface area contributed by atoms with E-state index in [2.05, 4.69) is 21.0 Å². The molecule has 24 heavy (non-hydrogen) atoms. The highest BCUT2D eigenvalue weighted by molar-refractivity contribution is 9.10. The molecule has 1 aliphatic heterocycles. The molecule has 2 aromatic carbocycles. The van der Waals surface area contributed by atoms with Crippen molar-refractivity contribution in [3.05, 3.63) is 57.6 Å². The Morgan fingerprint density at radius 1 is 1.00 bits per heavy atom. The van der Waals surface area contributed by atoms with Crippen LogP contribution in [0, 0.1) is 0 Å². The molecule has 2 amide bonds. The van der Waals surface area contributed by atoms with Crippen molar-refractivity contribution in [3.8, 4) is 11.5 Å². The lowest BCUT2D eigenvalue weighted by molar-refractivity contribution is 0.0660. The van der Waals surface area contributed by atoms with Gasteiger partial charge >= 0.3 is 0 Å². The summed E-state index contributed by atoms with van der Waals surface area (Å²) in [4.78, 5) is 24.6. The van der Waals surface area contributed by atoms with Crippen molar-refractivity contribution in [3.63, 3.8) is 0 Å². The Labute approximate surface area is 146 Å². The van der Waals surface area contributed by atoms with Gasteiger partial charge in [-0.1, -0.05) is 12.1 Å². The minimum atomic E-state index is -0.446. The van der Waals surface area contributed by atoms with Crippen LogP contribution in [0.1, 0.15) is 26.3 Å². The first-order chi connectivity index (χ1) is 11.6. The van der Waals surface area contributed by atoms with E-state index in [1.165, 1.54) is 13.3 Å². The average molecular weight is 389 g/mol. The average Bonchev–Trinajstić information content (AvgIpc) is 2.84. The Morgan fingerprint density at radius 2 is 1.58 bits per heavy atom. The van der Waals surface area contributed by atoms with Crippen LogP contribution < -0.4 is 9.47 Å².